The summed E-state index contributed by atoms with van der Waals surface area (Å²) in [6.07, 6.45) is 2.76. The number of H-pyrrole nitrogens is 1. The van der Waals surface area contributed by atoms with Crippen LogP contribution >= 0.6 is 0 Å². The van der Waals surface area contributed by atoms with Gasteiger partial charge in [0.25, 0.3) is 5.91 Å². The minimum absolute atomic E-state index is 0.0753. The first-order valence-corrected chi connectivity index (χ1v) is 15.1. The van der Waals surface area contributed by atoms with Gasteiger partial charge < -0.3 is 31.1 Å². The monoisotopic (exact) mass is 604 g/mol. The SMILES string of the molecule is C[C@H](N)C(=O)OC1CCC(Nc2cc(-n3c4ccccc4c4c(-c5nc6ccc(F)cc6[nH]5)cccc43)ccc2C(N)=O)CC1. The highest BCUT2D eigenvalue weighted by Crippen LogP contribution is 2.39. The maximum Gasteiger partial charge on any atom is 0.322 e. The number of nitrogens with two attached hydrogens (primary N) is 2. The first kappa shape index (κ1) is 28.5. The number of hydrogen-bond acceptors (Lipinski definition) is 6. The highest BCUT2D eigenvalue weighted by atomic mass is 19.1. The van der Waals surface area contributed by atoms with E-state index in [9.17, 15) is 14.0 Å². The van der Waals surface area contributed by atoms with Crippen molar-refractivity contribution in [1.29, 1.82) is 0 Å². The van der Waals surface area contributed by atoms with Gasteiger partial charge in [0.2, 0.25) is 0 Å². The number of rotatable bonds is 7. The summed E-state index contributed by atoms with van der Waals surface area (Å²) in [6.45, 7) is 1.62. The van der Waals surface area contributed by atoms with Crippen molar-refractivity contribution >= 4 is 50.4 Å². The Hall–Kier alpha value is -5.22. The van der Waals surface area contributed by atoms with Crippen LogP contribution in [0, 0.1) is 5.82 Å². The molecule has 45 heavy (non-hydrogen) atoms. The number of nitrogens with zero attached hydrogens (tertiary/aromatic N) is 2. The molecule has 0 saturated heterocycles. The Morgan fingerprint density at radius 3 is 2.56 bits per heavy atom. The Morgan fingerprint density at radius 1 is 1.00 bits per heavy atom. The Balaban J connectivity index is 1.28. The lowest BCUT2D eigenvalue weighted by Gasteiger charge is -2.30. The zero-order valence-corrected chi connectivity index (χ0v) is 24.7. The van der Waals surface area contributed by atoms with Crippen LogP contribution in [0.1, 0.15) is 43.0 Å². The van der Waals surface area contributed by atoms with E-state index in [1.54, 1.807) is 19.1 Å². The normalized spacial score (nSPS) is 17.5. The van der Waals surface area contributed by atoms with E-state index in [1.165, 1.54) is 12.1 Å². The smallest absolute Gasteiger partial charge is 0.322 e. The number of carbonyl (C=O) groups excluding carboxylic acids is 2. The highest BCUT2D eigenvalue weighted by Gasteiger charge is 2.26. The first-order chi connectivity index (χ1) is 21.8. The molecule has 0 unspecified atom stereocenters. The molecule has 1 saturated carbocycles. The van der Waals surface area contributed by atoms with Crippen LogP contribution in [0.15, 0.2) is 78.9 Å². The molecule has 1 atom stereocenters. The van der Waals surface area contributed by atoms with Crippen LogP contribution < -0.4 is 16.8 Å². The second-order valence-corrected chi connectivity index (χ2v) is 11.7. The van der Waals surface area contributed by atoms with E-state index >= 15 is 0 Å². The third kappa shape index (κ3) is 5.27. The van der Waals surface area contributed by atoms with Crippen LogP contribution in [0.5, 0.6) is 0 Å². The van der Waals surface area contributed by atoms with E-state index in [4.69, 9.17) is 21.2 Å². The largest absolute Gasteiger partial charge is 0.461 e. The van der Waals surface area contributed by atoms with Gasteiger partial charge in [-0.15, -0.1) is 0 Å². The van der Waals surface area contributed by atoms with Crippen LogP contribution in [0.4, 0.5) is 10.1 Å². The number of halogens is 1. The average Bonchev–Trinajstić information content (AvgIpc) is 3.60. The Bertz CT molecular complexity index is 2090. The van der Waals surface area contributed by atoms with Gasteiger partial charge in [-0.25, -0.2) is 9.37 Å². The molecule has 0 bridgehead atoms. The van der Waals surface area contributed by atoms with E-state index < -0.39 is 17.9 Å². The number of imidazole rings is 1. The van der Waals surface area contributed by atoms with E-state index in [0.29, 0.717) is 41.0 Å². The molecule has 6 N–H and O–H groups in total. The number of para-hydroxylation sites is 1. The van der Waals surface area contributed by atoms with Crippen molar-refractivity contribution in [1.82, 2.24) is 14.5 Å². The van der Waals surface area contributed by atoms with E-state index in [0.717, 1.165) is 45.9 Å². The van der Waals surface area contributed by atoms with Gasteiger partial charge in [0.15, 0.2) is 0 Å². The fourth-order valence-corrected chi connectivity index (χ4v) is 6.43. The zero-order valence-electron chi connectivity index (χ0n) is 24.7. The zero-order chi connectivity index (χ0) is 31.2. The Labute approximate surface area is 258 Å². The van der Waals surface area contributed by atoms with Gasteiger partial charge in [0, 0.05) is 33.8 Å². The molecular formula is C35H33FN6O3. The molecule has 1 amide bonds. The van der Waals surface area contributed by atoms with E-state index in [2.05, 4.69) is 33.1 Å². The Morgan fingerprint density at radius 2 is 1.78 bits per heavy atom. The number of fused-ring (bicyclic) bond motifs is 4. The molecule has 4 aromatic carbocycles. The molecule has 0 aliphatic heterocycles. The van der Waals surface area contributed by atoms with Crippen molar-refractivity contribution in [3.05, 3.63) is 90.2 Å². The maximum atomic E-state index is 13.9. The third-order valence-corrected chi connectivity index (χ3v) is 8.61. The topological polar surface area (TPSA) is 141 Å². The van der Waals surface area contributed by atoms with Crippen LogP contribution in [0.2, 0.25) is 0 Å². The van der Waals surface area contributed by atoms with Gasteiger partial charge in [-0.1, -0.05) is 30.3 Å². The summed E-state index contributed by atoms with van der Waals surface area (Å²) in [5.74, 6) is -0.583. The molecule has 1 aliphatic rings. The van der Waals surface area contributed by atoms with Gasteiger partial charge in [-0.2, -0.15) is 0 Å². The van der Waals surface area contributed by atoms with Crippen molar-refractivity contribution in [2.24, 2.45) is 11.5 Å². The van der Waals surface area contributed by atoms with Gasteiger partial charge in [0.1, 0.15) is 23.8 Å². The first-order valence-electron chi connectivity index (χ1n) is 15.1. The second-order valence-electron chi connectivity index (χ2n) is 11.7. The molecule has 9 nitrogen and oxygen atoms in total. The van der Waals surface area contributed by atoms with Gasteiger partial charge >= 0.3 is 5.97 Å². The van der Waals surface area contributed by atoms with Crippen LogP contribution in [0.25, 0.3) is 49.9 Å². The molecule has 10 heteroatoms. The molecule has 1 fully saturated rings. The van der Waals surface area contributed by atoms with Crippen molar-refractivity contribution in [3.8, 4) is 17.1 Å². The average molecular weight is 605 g/mol. The molecule has 228 valence electrons. The predicted octanol–water partition coefficient (Wildman–Crippen LogP) is 6.18. The quantitative estimate of drug-likeness (QED) is 0.160. The number of carbonyl (C=O) groups is 2. The Kier molecular flexibility index (Phi) is 7.21. The molecule has 0 spiro atoms. The summed E-state index contributed by atoms with van der Waals surface area (Å²) in [4.78, 5) is 32.5. The molecule has 1 aliphatic carbocycles. The van der Waals surface area contributed by atoms with Gasteiger partial charge in [-0.3, -0.25) is 9.59 Å². The standard InChI is InChI=1S/C35H33FN6O3/c1-19(37)35(44)45-23-13-10-21(11-14-23)39-28-18-22(12-15-24(28)33(38)43)42-30-7-3-2-5-25(30)32-26(6-4-8-31(32)42)34-40-27-16-9-20(36)17-29(27)41-34/h2-9,12,15-19,21,23,39H,10-11,13-14,37H2,1H3,(H2,38,43)(H,40,41)/t19-,21?,23?/m0/s1. The predicted molar refractivity (Wildman–Crippen MR) is 174 cm³/mol. The third-order valence-electron chi connectivity index (χ3n) is 8.61. The fourth-order valence-electron chi connectivity index (χ4n) is 6.43. The lowest BCUT2D eigenvalue weighted by molar-refractivity contribution is -0.151. The number of esters is 1. The van der Waals surface area contributed by atoms with Gasteiger partial charge in [0.05, 0.1) is 27.6 Å². The maximum absolute atomic E-state index is 13.9. The summed E-state index contributed by atoms with van der Waals surface area (Å²) in [5, 5.41) is 5.59. The van der Waals surface area contributed by atoms with Crippen LogP contribution in [0.3, 0.4) is 0 Å². The van der Waals surface area contributed by atoms with E-state index in [1.807, 2.05) is 36.4 Å². The molecule has 2 aromatic heterocycles. The number of amides is 1. The van der Waals surface area contributed by atoms with Crippen molar-refractivity contribution < 1.29 is 18.7 Å². The minimum atomic E-state index is -0.651. The number of aromatic nitrogens is 3. The molecule has 6 aromatic rings. The number of primary amides is 1. The molecule has 2 heterocycles. The van der Waals surface area contributed by atoms with Crippen molar-refractivity contribution in [2.45, 2.75) is 50.8 Å². The number of nitrogens with one attached hydrogen (secondary N) is 2. The molecule has 0 radical (unpaired) electrons. The summed E-state index contributed by atoms with van der Waals surface area (Å²) in [5.41, 5.74) is 17.5. The minimum Gasteiger partial charge on any atom is -0.461 e. The number of hydrogen-bond donors (Lipinski definition) is 4. The van der Waals surface area contributed by atoms with Crippen molar-refractivity contribution in [2.75, 3.05) is 5.32 Å². The van der Waals surface area contributed by atoms with Crippen molar-refractivity contribution in [3.63, 3.8) is 0 Å². The van der Waals surface area contributed by atoms with Crippen LogP contribution in [-0.2, 0) is 9.53 Å². The van der Waals surface area contributed by atoms with Gasteiger partial charge in [-0.05, 0) is 81.1 Å². The summed E-state index contributed by atoms with van der Waals surface area (Å²) in [6, 6.07) is 23.8. The number of benzene rings is 4. The summed E-state index contributed by atoms with van der Waals surface area (Å²) >= 11 is 0. The number of aromatic amines is 1. The lowest BCUT2D eigenvalue weighted by Crippen LogP contribution is -2.36. The molecular weight excluding hydrogens is 571 g/mol. The summed E-state index contributed by atoms with van der Waals surface area (Å²) in [7, 11) is 0. The highest BCUT2D eigenvalue weighted by molar-refractivity contribution is 6.15. The van der Waals surface area contributed by atoms with E-state index in [-0.39, 0.29) is 18.0 Å². The second kappa shape index (κ2) is 11.4. The van der Waals surface area contributed by atoms with Crippen LogP contribution in [-0.4, -0.2) is 44.6 Å². The molecule has 7 rings (SSSR count). The fraction of sp³-hybridized carbons (Fsp3) is 0.229. The number of anilines is 1. The summed E-state index contributed by atoms with van der Waals surface area (Å²) < 4.78 is 21.6. The lowest BCUT2D eigenvalue weighted by atomic mass is 9.92. The number of ether oxygens (including phenoxy) is 1.